The van der Waals surface area contributed by atoms with E-state index in [0.717, 1.165) is 39.0 Å². The van der Waals surface area contributed by atoms with Crippen LogP contribution in [-0.4, -0.2) is 84.9 Å². The lowest BCUT2D eigenvalue weighted by Crippen LogP contribution is -2.54. The highest BCUT2D eigenvalue weighted by atomic mass is 16.6. The Balaban J connectivity index is 1.07. The molecule has 6 aromatic rings. The standard InChI is InChI=1S/C54H54N4O6/c59-49(63-53(43-23-11-3-12-24-43,44-25-13-4-14-26-44)51(61)55-47-33-37-57(39-47)35-31-41-19-7-1-8-20-41)50(60)64-54(45-27-15-5-16-28-45,46-29-17-6-18-30-46)52(62)56-48-34-38-58(40-48)36-32-42-21-9-2-10-22-42/h1-30,47-48H,31-40H2,(H,55,61)(H,56,62). The van der Waals surface area contributed by atoms with Crippen molar-refractivity contribution >= 4 is 23.8 Å². The first-order valence-electron chi connectivity index (χ1n) is 22.2. The summed E-state index contributed by atoms with van der Waals surface area (Å²) in [6, 6.07) is 54.8. The predicted molar refractivity (Wildman–Crippen MR) is 246 cm³/mol. The Labute approximate surface area is 375 Å². The van der Waals surface area contributed by atoms with Crippen LogP contribution in [0, 0.1) is 0 Å². The highest BCUT2D eigenvalue weighted by Crippen LogP contribution is 2.38. The fraction of sp³-hybridized carbons (Fsp3) is 0.259. The van der Waals surface area contributed by atoms with Crippen molar-refractivity contribution in [2.45, 2.75) is 49.0 Å². The Kier molecular flexibility index (Phi) is 14.0. The van der Waals surface area contributed by atoms with E-state index in [1.54, 1.807) is 121 Å². The lowest BCUT2D eigenvalue weighted by molar-refractivity contribution is -0.186. The first kappa shape index (κ1) is 43.8. The molecular formula is C54H54N4O6. The van der Waals surface area contributed by atoms with E-state index in [1.807, 2.05) is 36.4 Å². The van der Waals surface area contributed by atoms with Gasteiger partial charge in [0.15, 0.2) is 0 Å². The van der Waals surface area contributed by atoms with E-state index in [0.29, 0.717) is 48.2 Å². The van der Waals surface area contributed by atoms with E-state index in [-0.39, 0.29) is 12.1 Å². The van der Waals surface area contributed by atoms with Crippen molar-refractivity contribution in [1.29, 1.82) is 0 Å². The van der Waals surface area contributed by atoms with Crippen LogP contribution < -0.4 is 10.6 Å². The molecule has 2 heterocycles. The van der Waals surface area contributed by atoms with Gasteiger partial charge in [0.05, 0.1) is 0 Å². The summed E-state index contributed by atoms with van der Waals surface area (Å²) in [7, 11) is 0. The summed E-state index contributed by atoms with van der Waals surface area (Å²) < 4.78 is 12.6. The van der Waals surface area contributed by atoms with E-state index in [9.17, 15) is 9.59 Å². The zero-order chi connectivity index (χ0) is 44.2. The van der Waals surface area contributed by atoms with Gasteiger partial charge in [0.1, 0.15) is 0 Å². The number of hydrogen-bond acceptors (Lipinski definition) is 8. The van der Waals surface area contributed by atoms with Gasteiger partial charge in [-0.3, -0.25) is 9.59 Å². The molecule has 2 amide bonds. The normalized spacial score (nSPS) is 16.8. The van der Waals surface area contributed by atoms with Crippen LogP contribution in [0.2, 0.25) is 0 Å². The van der Waals surface area contributed by atoms with Gasteiger partial charge in [-0.15, -0.1) is 0 Å². The number of amides is 2. The van der Waals surface area contributed by atoms with Gasteiger partial charge in [0.25, 0.3) is 11.8 Å². The Morgan fingerprint density at radius 2 is 0.719 bits per heavy atom. The van der Waals surface area contributed by atoms with Gasteiger partial charge in [0, 0.05) is 73.6 Å². The lowest BCUT2D eigenvalue weighted by atomic mass is 9.84. The second kappa shape index (κ2) is 20.5. The average molecular weight is 855 g/mol. The maximum absolute atomic E-state index is 15.0. The molecule has 326 valence electrons. The van der Waals surface area contributed by atoms with Gasteiger partial charge < -0.3 is 29.9 Å². The van der Waals surface area contributed by atoms with E-state index in [1.165, 1.54) is 11.1 Å². The Hall–Kier alpha value is -6.88. The first-order chi connectivity index (χ1) is 31.3. The molecule has 64 heavy (non-hydrogen) atoms. The molecule has 0 aromatic heterocycles. The van der Waals surface area contributed by atoms with E-state index < -0.39 is 35.0 Å². The summed E-state index contributed by atoms with van der Waals surface area (Å²) >= 11 is 0. The zero-order valence-corrected chi connectivity index (χ0v) is 35.9. The van der Waals surface area contributed by atoms with Crippen LogP contribution in [0.25, 0.3) is 0 Å². The van der Waals surface area contributed by atoms with Crippen LogP contribution in [0.15, 0.2) is 182 Å². The van der Waals surface area contributed by atoms with Crippen molar-refractivity contribution in [1.82, 2.24) is 20.4 Å². The van der Waals surface area contributed by atoms with Crippen molar-refractivity contribution in [2.75, 3.05) is 39.3 Å². The van der Waals surface area contributed by atoms with E-state index in [2.05, 4.69) is 44.7 Å². The molecule has 6 aromatic carbocycles. The molecule has 10 heteroatoms. The molecule has 2 N–H and O–H groups in total. The van der Waals surface area contributed by atoms with Crippen LogP contribution in [0.3, 0.4) is 0 Å². The minimum Gasteiger partial charge on any atom is -0.430 e. The van der Waals surface area contributed by atoms with Crippen LogP contribution >= 0.6 is 0 Å². The van der Waals surface area contributed by atoms with E-state index in [4.69, 9.17) is 9.47 Å². The largest absolute Gasteiger partial charge is 0.430 e. The van der Waals surface area contributed by atoms with Gasteiger partial charge >= 0.3 is 11.9 Å². The zero-order valence-electron chi connectivity index (χ0n) is 35.9. The highest BCUT2D eigenvalue weighted by molar-refractivity contribution is 6.30. The lowest BCUT2D eigenvalue weighted by Gasteiger charge is -2.36. The fourth-order valence-corrected chi connectivity index (χ4v) is 8.98. The molecule has 2 aliphatic heterocycles. The van der Waals surface area contributed by atoms with Crippen molar-refractivity contribution in [2.24, 2.45) is 0 Å². The molecule has 2 fully saturated rings. The van der Waals surface area contributed by atoms with Crippen molar-refractivity contribution in [3.63, 3.8) is 0 Å². The topological polar surface area (TPSA) is 117 Å². The van der Waals surface area contributed by atoms with Gasteiger partial charge in [-0.05, 0) is 36.8 Å². The first-order valence-corrected chi connectivity index (χ1v) is 22.2. The van der Waals surface area contributed by atoms with Crippen LogP contribution in [0.4, 0.5) is 0 Å². The quantitative estimate of drug-likeness (QED) is 0.0805. The molecule has 2 saturated heterocycles. The summed E-state index contributed by atoms with van der Waals surface area (Å²) in [6.45, 7) is 4.42. The number of esters is 2. The third-order valence-electron chi connectivity index (χ3n) is 12.4. The monoisotopic (exact) mass is 854 g/mol. The molecule has 0 radical (unpaired) electrons. The van der Waals surface area contributed by atoms with Gasteiger partial charge in [-0.25, -0.2) is 9.59 Å². The molecule has 10 nitrogen and oxygen atoms in total. The minimum absolute atomic E-state index is 0.252. The average Bonchev–Trinajstić information content (AvgIpc) is 4.01. The van der Waals surface area contributed by atoms with Crippen molar-refractivity contribution < 1.29 is 28.7 Å². The molecule has 0 saturated carbocycles. The number of nitrogens with zero attached hydrogens (tertiary/aromatic N) is 2. The third kappa shape index (κ3) is 9.99. The summed E-state index contributed by atoms with van der Waals surface area (Å²) in [5.74, 6) is -4.07. The fourth-order valence-electron chi connectivity index (χ4n) is 8.98. The summed E-state index contributed by atoms with van der Waals surface area (Å²) in [4.78, 5) is 63.9. The molecular weight excluding hydrogens is 801 g/mol. The highest BCUT2D eigenvalue weighted by Gasteiger charge is 2.52. The molecule has 0 spiro atoms. The number of likely N-dealkylation sites (tertiary alicyclic amines) is 2. The van der Waals surface area contributed by atoms with E-state index >= 15 is 9.59 Å². The predicted octanol–water partition coefficient (Wildman–Crippen LogP) is 6.83. The van der Waals surface area contributed by atoms with Crippen LogP contribution in [0.5, 0.6) is 0 Å². The van der Waals surface area contributed by atoms with Crippen LogP contribution in [0.1, 0.15) is 46.2 Å². The molecule has 2 atom stereocenters. The molecule has 8 rings (SSSR count). The van der Waals surface area contributed by atoms with Gasteiger partial charge in [-0.2, -0.15) is 0 Å². The number of carbonyl (C=O) groups is 4. The Morgan fingerprint density at radius 3 is 1.02 bits per heavy atom. The van der Waals surface area contributed by atoms with Crippen LogP contribution in [-0.2, 0) is 52.7 Å². The number of benzene rings is 6. The smallest absolute Gasteiger partial charge is 0.419 e. The Morgan fingerprint density at radius 1 is 0.438 bits per heavy atom. The molecule has 2 unspecified atom stereocenters. The van der Waals surface area contributed by atoms with Gasteiger partial charge in [-0.1, -0.05) is 182 Å². The molecule has 0 aliphatic carbocycles. The third-order valence-corrected chi connectivity index (χ3v) is 12.4. The number of rotatable bonds is 16. The Bertz CT molecular complexity index is 2200. The molecule has 0 bridgehead atoms. The second-order valence-electron chi connectivity index (χ2n) is 16.6. The molecule has 2 aliphatic rings. The van der Waals surface area contributed by atoms with Crippen molar-refractivity contribution in [3.05, 3.63) is 215 Å². The SMILES string of the molecule is O=C(OC(C(=O)NC1CCN(CCc2ccccc2)C1)(c1ccccc1)c1ccccc1)C(=O)OC(C(=O)NC1CCN(CCc2ccccc2)C1)(c1ccccc1)c1ccccc1. The number of nitrogens with one attached hydrogen (secondary N) is 2. The maximum Gasteiger partial charge on any atom is 0.419 e. The minimum atomic E-state index is -2.10. The summed E-state index contributed by atoms with van der Waals surface area (Å²) in [5, 5.41) is 6.38. The number of carbonyl (C=O) groups excluding carboxylic acids is 4. The number of ether oxygens (including phenoxy) is 2. The number of hydrogen-bond donors (Lipinski definition) is 2. The second-order valence-corrected chi connectivity index (χ2v) is 16.6. The maximum atomic E-state index is 15.0. The summed E-state index contributed by atoms with van der Waals surface area (Å²) in [5.41, 5.74) is -0.373. The van der Waals surface area contributed by atoms with Gasteiger partial charge in [0.2, 0.25) is 11.2 Å². The summed E-state index contributed by atoms with van der Waals surface area (Å²) in [6.07, 6.45) is 3.12. The van der Waals surface area contributed by atoms with Crippen molar-refractivity contribution in [3.8, 4) is 0 Å².